The van der Waals surface area contributed by atoms with Crippen LogP contribution in [0.1, 0.15) is 62.6 Å². The molecule has 0 aromatic heterocycles. The Balaban J connectivity index is 1.37. The number of carbonyl (C=O) groups excluding carboxylic acids is 2. The first-order chi connectivity index (χ1) is 16.9. The van der Waals surface area contributed by atoms with Crippen molar-refractivity contribution < 1.29 is 9.59 Å². The van der Waals surface area contributed by atoms with E-state index in [-0.39, 0.29) is 11.8 Å². The Bertz CT molecular complexity index is 1050. The van der Waals surface area contributed by atoms with Crippen molar-refractivity contribution in [3.8, 4) is 0 Å². The summed E-state index contributed by atoms with van der Waals surface area (Å²) in [5, 5.41) is 3.28. The van der Waals surface area contributed by atoms with Gasteiger partial charge in [0, 0.05) is 19.5 Å². The molecular formula is C31H40N2O2. The normalized spacial score (nSPS) is 28.0. The average Bonchev–Trinajstić information content (AvgIpc) is 3.22. The van der Waals surface area contributed by atoms with E-state index in [0.717, 1.165) is 51.5 Å². The highest BCUT2D eigenvalue weighted by molar-refractivity contribution is 5.92. The Hall–Kier alpha value is -2.62. The highest BCUT2D eigenvalue weighted by atomic mass is 16.2. The number of hydrogen-bond donors (Lipinski definition) is 1. The Morgan fingerprint density at radius 3 is 2.40 bits per heavy atom. The van der Waals surface area contributed by atoms with Crippen LogP contribution >= 0.6 is 0 Å². The van der Waals surface area contributed by atoms with Gasteiger partial charge < -0.3 is 10.2 Å². The monoisotopic (exact) mass is 472 g/mol. The molecule has 1 N–H and O–H groups in total. The summed E-state index contributed by atoms with van der Waals surface area (Å²) < 4.78 is 0. The molecule has 5 rings (SSSR count). The summed E-state index contributed by atoms with van der Waals surface area (Å²) >= 11 is 0. The minimum absolute atomic E-state index is 0.0734. The molecule has 4 atom stereocenters. The van der Waals surface area contributed by atoms with E-state index in [2.05, 4.69) is 55.6 Å². The number of carbonyl (C=O) groups is 2. The van der Waals surface area contributed by atoms with Crippen LogP contribution < -0.4 is 5.32 Å². The van der Waals surface area contributed by atoms with Gasteiger partial charge in [0.15, 0.2) is 0 Å². The molecule has 2 amide bonds. The molecule has 2 aromatic rings. The zero-order valence-electron chi connectivity index (χ0n) is 21.3. The van der Waals surface area contributed by atoms with Gasteiger partial charge in [0.1, 0.15) is 5.54 Å². The van der Waals surface area contributed by atoms with E-state index in [1.54, 1.807) is 0 Å². The highest BCUT2D eigenvalue weighted by Crippen LogP contribution is 2.47. The van der Waals surface area contributed by atoms with E-state index < -0.39 is 5.54 Å². The molecule has 4 heteroatoms. The largest absolute Gasteiger partial charge is 0.354 e. The zero-order chi connectivity index (χ0) is 24.4. The Morgan fingerprint density at radius 1 is 1.00 bits per heavy atom. The van der Waals surface area contributed by atoms with Crippen LogP contribution in [0.5, 0.6) is 0 Å². The van der Waals surface area contributed by atoms with E-state index in [9.17, 15) is 9.59 Å². The van der Waals surface area contributed by atoms with Gasteiger partial charge in [-0.3, -0.25) is 9.59 Å². The smallest absolute Gasteiger partial charge is 0.246 e. The zero-order valence-corrected chi connectivity index (χ0v) is 21.3. The molecule has 1 saturated carbocycles. The predicted molar refractivity (Wildman–Crippen MR) is 140 cm³/mol. The molecule has 3 aliphatic rings. The molecule has 4 nitrogen and oxygen atoms in total. The Kier molecular flexibility index (Phi) is 7.00. The third-order valence-electron chi connectivity index (χ3n) is 8.77. The summed E-state index contributed by atoms with van der Waals surface area (Å²) in [6.07, 6.45) is 7.18. The summed E-state index contributed by atoms with van der Waals surface area (Å²) in [6.45, 7) is 5.80. The summed E-state index contributed by atoms with van der Waals surface area (Å²) in [5.41, 5.74) is 3.43. The maximum Gasteiger partial charge on any atom is 0.246 e. The molecule has 0 radical (unpaired) electrons. The summed E-state index contributed by atoms with van der Waals surface area (Å²) in [7, 11) is 0. The molecule has 3 unspecified atom stereocenters. The van der Waals surface area contributed by atoms with Crippen LogP contribution in [0.15, 0.2) is 54.6 Å². The standard InChI is InChI=1S/C31H40N2O2/c1-22(2)16-24-17-29(34)33(21-24)31(30(35)32-15-13-23-8-4-3-5-9-23)14-12-27-18-25-10-6-7-11-26(25)19-28(27)20-31/h3-11,22,24,27-28H,12-21H2,1-2H3,(H,32,35)/t24-,27?,28?,31?/m0/s1. The van der Waals surface area contributed by atoms with Crippen molar-refractivity contribution in [2.75, 3.05) is 13.1 Å². The molecule has 0 spiro atoms. The maximum atomic E-state index is 14.0. The molecule has 186 valence electrons. The van der Waals surface area contributed by atoms with Gasteiger partial charge >= 0.3 is 0 Å². The van der Waals surface area contributed by atoms with Gasteiger partial charge in [-0.1, -0.05) is 68.4 Å². The van der Waals surface area contributed by atoms with E-state index in [4.69, 9.17) is 0 Å². The van der Waals surface area contributed by atoms with Gasteiger partial charge in [-0.15, -0.1) is 0 Å². The third-order valence-corrected chi connectivity index (χ3v) is 8.77. The summed E-state index contributed by atoms with van der Waals surface area (Å²) in [6, 6.07) is 19.1. The molecule has 2 aromatic carbocycles. The summed E-state index contributed by atoms with van der Waals surface area (Å²) in [5.74, 6) is 2.25. The average molecular weight is 473 g/mol. The maximum absolute atomic E-state index is 14.0. The van der Waals surface area contributed by atoms with Crippen molar-refractivity contribution in [1.82, 2.24) is 10.2 Å². The molecule has 1 aliphatic heterocycles. The molecule has 2 fully saturated rings. The van der Waals surface area contributed by atoms with E-state index in [0.29, 0.717) is 36.6 Å². The van der Waals surface area contributed by atoms with Crippen LogP contribution in [0, 0.1) is 23.7 Å². The topological polar surface area (TPSA) is 49.4 Å². The number of nitrogens with zero attached hydrogens (tertiary/aromatic N) is 1. The SMILES string of the molecule is CC(C)C[C@H]1CC(=O)N(C2(C(=O)NCCc3ccccc3)CCC3Cc4ccccc4CC3C2)C1. The molecular weight excluding hydrogens is 432 g/mol. The van der Waals surface area contributed by atoms with Crippen molar-refractivity contribution in [3.05, 3.63) is 71.3 Å². The van der Waals surface area contributed by atoms with Crippen LogP contribution in [0.25, 0.3) is 0 Å². The molecule has 0 bridgehead atoms. The first-order valence-electron chi connectivity index (χ1n) is 13.6. The van der Waals surface area contributed by atoms with E-state index in [1.165, 1.54) is 16.7 Å². The van der Waals surface area contributed by atoms with Crippen molar-refractivity contribution in [2.45, 2.75) is 70.8 Å². The Morgan fingerprint density at radius 2 is 1.69 bits per heavy atom. The predicted octanol–water partition coefficient (Wildman–Crippen LogP) is 5.19. The Labute approximate surface area is 210 Å². The van der Waals surface area contributed by atoms with Crippen molar-refractivity contribution in [1.29, 1.82) is 0 Å². The van der Waals surface area contributed by atoms with Gasteiger partial charge in [0.05, 0.1) is 0 Å². The molecule has 1 saturated heterocycles. The van der Waals surface area contributed by atoms with Crippen LogP contribution in [-0.4, -0.2) is 35.3 Å². The number of amides is 2. The van der Waals surface area contributed by atoms with Crippen LogP contribution in [0.4, 0.5) is 0 Å². The lowest BCUT2D eigenvalue weighted by atomic mass is 9.62. The number of hydrogen-bond acceptors (Lipinski definition) is 2. The molecule has 2 aliphatic carbocycles. The fourth-order valence-corrected chi connectivity index (χ4v) is 7.11. The lowest BCUT2D eigenvalue weighted by molar-refractivity contribution is -0.149. The van der Waals surface area contributed by atoms with E-state index in [1.807, 2.05) is 23.1 Å². The number of benzene rings is 2. The van der Waals surface area contributed by atoms with E-state index >= 15 is 0 Å². The second kappa shape index (κ2) is 10.2. The quantitative estimate of drug-likeness (QED) is 0.603. The van der Waals surface area contributed by atoms with Crippen molar-refractivity contribution >= 4 is 11.8 Å². The first-order valence-corrected chi connectivity index (χ1v) is 13.6. The number of nitrogens with one attached hydrogen (secondary N) is 1. The number of rotatable bonds is 7. The summed E-state index contributed by atoms with van der Waals surface area (Å²) in [4.78, 5) is 29.4. The second-order valence-electron chi connectivity index (χ2n) is 11.7. The molecule has 35 heavy (non-hydrogen) atoms. The fourth-order valence-electron chi connectivity index (χ4n) is 7.11. The number of fused-ring (bicyclic) bond motifs is 2. The minimum Gasteiger partial charge on any atom is -0.354 e. The van der Waals surface area contributed by atoms with Crippen LogP contribution in [0.2, 0.25) is 0 Å². The second-order valence-corrected chi connectivity index (χ2v) is 11.7. The lowest BCUT2D eigenvalue weighted by Gasteiger charge is -2.50. The van der Waals surface area contributed by atoms with Gasteiger partial charge in [-0.25, -0.2) is 0 Å². The third kappa shape index (κ3) is 5.03. The minimum atomic E-state index is -0.701. The van der Waals surface area contributed by atoms with Crippen molar-refractivity contribution in [3.63, 3.8) is 0 Å². The van der Waals surface area contributed by atoms with Crippen LogP contribution in [-0.2, 0) is 28.9 Å². The highest BCUT2D eigenvalue weighted by Gasteiger charge is 2.54. The lowest BCUT2D eigenvalue weighted by Crippen LogP contribution is -2.63. The van der Waals surface area contributed by atoms with Crippen molar-refractivity contribution in [2.24, 2.45) is 23.7 Å². The van der Waals surface area contributed by atoms with Gasteiger partial charge in [0.25, 0.3) is 0 Å². The first kappa shape index (κ1) is 24.1. The number of likely N-dealkylation sites (tertiary alicyclic amines) is 1. The fraction of sp³-hybridized carbons (Fsp3) is 0.548. The van der Waals surface area contributed by atoms with Crippen LogP contribution in [0.3, 0.4) is 0 Å². The van der Waals surface area contributed by atoms with Gasteiger partial charge in [-0.05, 0) is 85.3 Å². The van der Waals surface area contributed by atoms with Gasteiger partial charge in [-0.2, -0.15) is 0 Å². The van der Waals surface area contributed by atoms with Gasteiger partial charge in [0.2, 0.25) is 11.8 Å². The molecule has 1 heterocycles.